The van der Waals surface area contributed by atoms with Gasteiger partial charge in [-0.05, 0) is 30.6 Å². The molecule has 7 heteroatoms. The molecule has 0 saturated heterocycles. The number of nitro benzene ring substituents is 1. The van der Waals surface area contributed by atoms with E-state index in [0.717, 1.165) is 23.4 Å². The van der Waals surface area contributed by atoms with Crippen LogP contribution >= 0.6 is 23.1 Å². The average Bonchev–Trinajstić information content (AvgIpc) is 2.81. The number of hydrogen-bond acceptors (Lipinski definition) is 6. The van der Waals surface area contributed by atoms with Crippen molar-refractivity contribution in [1.29, 1.82) is 0 Å². The average molecular weight is 283 g/mol. The summed E-state index contributed by atoms with van der Waals surface area (Å²) < 4.78 is 0.844. The van der Waals surface area contributed by atoms with Gasteiger partial charge in [-0.25, -0.2) is 4.98 Å². The number of benzene rings is 1. The first-order valence-corrected chi connectivity index (χ1v) is 7.75. The zero-order valence-electron chi connectivity index (χ0n) is 9.88. The first-order valence-electron chi connectivity index (χ1n) is 5.47. The number of rotatable bonds is 6. The monoisotopic (exact) mass is 283 g/mol. The van der Waals surface area contributed by atoms with Crippen molar-refractivity contribution in [2.45, 2.75) is 6.42 Å². The number of fused-ring (bicyclic) bond motifs is 1. The second kappa shape index (κ2) is 6.01. The summed E-state index contributed by atoms with van der Waals surface area (Å²) in [4.78, 5) is 14.9. The summed E-state index contributed by atoms with van der Waals surface area (Å²) >= 11 is 3.18. The fraction of sp³-hybridized carbons (Fsp3) is 0.364. The first kappa shape index (κ1) is 13.1. The molecule has 0 unspecified atom stereocenters. The lowest BCUT2D eigenvalue weighted by Crippen LogP contribution is -2.05. The molecule has 1 N–H and O–H groups in total. The van der Waals surface area contributed by atoms with Crippen LogP contribution in [0.3, 0.4) is 0 Å². The second-order valence-electron chi connectivity index (χ2n) is 3.69. The molecule has 1 aromatic carbocycles. The van der Waals surface area contributed by atoms with Crippen LogP contribution in [0.5, 0.6) is 0 Å². The lowest BCUT2D eigenvalue weighted by molar-refractivity contribution is -0.382. The number of anilines is 1. The van der Waals surface area contributed by atoms with Gasteiger partial charge in [0, 0.05) is 6.54 Å². The molecule has 0 aliphatic rings. The van der Waals surface area contributed by atoms with Crippen LogP contribution in [0, 0.1) is 10.1 Å². The maximum Gasteiger partial charge on any atom is 0.319 e. The molecule has 0 aliphatic carbocycles. The van der Waals surface area contributed by atoms with Gasteiger partial charge in [0.05, 0.1) is 15.1 Å². The van der Waals surface area contributed by atoms with Crippen LogP contribution in [0.1, 0.15) is 6.42 Å². The highest BCUT2D eigenvalue weighted by atomic mass is 32.2. The molecule has 0 bridgehead atoms. The zero-order chi connectivity index (χ0) is 13.0. The normalized spacial score (nSPS) is 10.7. The van der Waals surface area contributed by atoms with Gasteiger partial charge in [0.25, 0.3) is 0 Å². The minimum atomic E-state index is -0.362. The Balaban J connectivity index is 2.25. The van der Waals surface area contributed by atoms with Gasteiger partial charge in [-0.1, -0.05) is 0 Å². The standard InChI is InChI=1S/C11H13N3O2S2/c1-17-6-2-5-12-8-3-4-9-10(13-7-18-9)11(8)14(15)16/h3-4,7,12H,2,5-6H2,1H3. The second-order valence-corrected chi connectivity index (χ2v) is 5.56. The molecule has 0 radical (unpaired) electrons. The van der Waals surface area contributed by atoms with E-state index in [4.69, 9.17) is 0 Å². The molecule has 18 heavy (non-hydrogen) atoms. The van der Waals surface area contributed by atoms with Crippen LogP contribution < -0.4 is 5.32 Å². The lowest BCUT2D eigenvalue weighted by Gasteiger charge is -2.06. The van der Waals surface area contributed by atoms with Crippen LogP contribution in [0.4, 0.5) is 11.4 Å². The number of nitrogens with one attached hydrogen (secondary N) is 1. The summed E-state index contributed by atoms with van der Waals surface area (Å²) in [5.74, 6) is 1.04. The van der Waals surface area contributed by atoms with Crippen molar-refractivity contribution in [1.82, 2.24) is 4.98 Å². The number of thiazole rings is 1. The van der Waals surface area contributed by atoms with E-state index in [1.807, 2.05) is 12.3 Å². The Morgan fingerprint density at radius 2 is 2.39 bits per heavy atom. The topological polar surface area (TPSA) is 68.1 Å². The van der Waals surface area contributed by atoms with Gasteiger partial charge in [0.1, 0.15) is 5.69 Å². The molecular weight excluding hydrogens is 270 g/mol. The Morgan fingerprint density at radius 1 is 1.56 bits per heavy atom. The summed E-state index contributed by atoms with van der Waals surface area (Å²) in [7, 11) is 0. The van der Waals surface area contributed by atoms with Gasteiger partial charge in [-0.3, -0.25) is 10.1 Å². The Morgan fingerprint density at radius 3 is 3.11 bits per heavy atom. The Kier molecular flexibility index (Phi) is 4.38. The van der Waals surface area contributed by atoms with Crippen LogP contribution in [0.15, 0.2) is 17.6 Å². The maximum absolute atomic E-state index is 11.1. The molecule has 0 fully saturated rings. The van der Waals surface area contributed by atoms with Crippen molar-refractivity contribution in [3.63, 3.8) is 0 Å². The number of hydrogen-bond donors (Lipinski definition) is 1. The largest absolute Gasteiger partial charge is 0.379 e. The first-order chi connectivity index (χ1) is 8.74. The molecule has 5 nitrogen and oxygen atoms in total. The SMILES string of the molecule is CSCCCNc1ccc2scnc2c1[N+](=O)[O-]. The van der Waals surface area contributed by atoms with Crippen LogP contribution in [-0.2, 0) is 0 Å². The molecule has 1 heterocycles. The summed E-state index contributed by atoms with van der Waals surface area (Å²) in [5.41, 5.74) is 2.74. The van der Waals surface area contributed by atoms with Gasteiger partial charge in [-0.15, -0.1) is 11.3 Å². The summed E-state index contributed by atoms with van der Waals surface area (Å²) in [5, 5.41) is 14.3. The number of nitro groups is 1. The zero-order valence-corrected chi connectivity index (χ0v) is 11.5. The fourth-order valence-electron chi connectivity index (χ4n) is 1.68. The highest BCUT2D eigenvalue weighted by Gasteiger charge is 2.20. The molecule has 0 amide bonds. The van der Waals surface area contributed by atoms with Crippen molar-refractivity contribution in [2.24, 2.45) is 0 Å². The highest BCUT2D eigenvalue weighted by Crippen LogP contribution is 2.34. The van der Waals surface area contributed by atoms with E-state index in [1.165, 1.54) is 11.3 Å². The molecule has 0 spiro atoms. The van der Waals surface area contributed by atoms with Gasteiger partial charge in [0.2, 0.25) is 0 Å². The van der Waals surface area contributed by atoms with Crippen molar-refractivity contribution in [3.05, 3.63) is 27.8 Å². The molecule has 2 rings (SSSR count). The summed E-state index contributed by atoms with van der Waals surface area (Å²) in [6, 6.07) is 3.63. The minimum Gasteiger partial charge on any atom is -0.379 e. The minimum absolute atomic E-state index is 0.0814. The van der Waals surface area contributed by atoms with Crippen molar-refractivity contribution >= 4 is 44.7 Å². The summed E-state index contributed by atoms with van der Waals surface area (Å²) in [6.07, 6.45) is 3.03. The van der Waals surface area contributed by atoms with Crippen LogP contribution in [-0.4, -0.2) is 28.5 Å². The third-order valence-corrected chi connectivity index (χ3v) is 3.99. The van der Waals surface area contributed by atoms with Crippen molar-refractivity contribution < 1.29 is 4.92 Å². The molecule has 0 saturated carbocycles. The van der Waals surface area contributed by atoms with Crippen LogP contribution in [0.2, 0.25) is 0 Å². The molecule has 2 aromatic rings. The van der Waals surface area contributed by atoms with Gasteiger partial charge < -0.3 is 5.32 Å². The Hall–Kier alpha value is -1.34. The van der Waals surface area contributed by atoms with Gasteiger partial charge >= 0.3 is 5.69 Å². The van der Waals surface area contributed by atoms with E-state index >= 15 is 0 Å². The number of thioether (sulfide) groups is 1. The van der Waals surface area contributed by atoms with Gasteiger partial charge in [-0.2, -0.15) is 11.8 Å². The quantitative estimate of drug-likeness (QED) is 0.500. The Bertz CT molecular complexity index is 556. The fourth-order valence-corrected chi connectivity index (χ4v) is 2.80. The molecule has 96 valence electrons. The molecule has 0 aliphatic heterocycles. The van der Waals surface area contributed by atoms with Gasteiger partial charge in [0.15, 0.2) is 5.52 Å². The predicted octanol–water partition coefficient (Wildman–Crippen LogP) is 3.37. The molecule has 1 aromatic heterocycles. The van der Waals surface area contributed by atoms with E-state index in [-0.39, 0.29) is 10.6 Å². The Labute approximate surface area is 113 Å². The third kappa shape index (κ3) is 2.73. The third-order valence-electron chi connectivity index (χ3n) is 2.50. The van der Waals surface area contributed by atoms with E-state index < -0.39 is 0 Å². The summed E-state index contributed by atoms with van der Waals surface area (Å²) in [6.45, 7) is 0.733. The predicted molar refractivity (Wildman–Crippen MR) is 77.8 cm³/mol. The van der Waals surface area contributed by atoms with Crippen LogP contribution in [0.25, 0.3) is 10.2 Å². The smallest absolute Gasteiger partial charge is 0.319 e. The number of nitrogens with zero attached hydrogens (tertiary/aromatic N) is 2. The lowest BCUT2D eigenvalue weighted by atomic mass is 10.2. The van der Waals surface area contributed by atoms with E-state index in [9.17, 15) is 10.1 Å². The molecular formula is C11H13N3O2S2. The van der Waals surface area contributed by atoms with E-state index in [2.05, 4.69) is 10.3 Å². The highest BCUT2D eigenvalue weighted by molar-refractivity contribution is 7.98. The maximum atomic E-state index is 11.1. The van der Waals surface area contributed by atoms with Crippen molar-refractivity contribution in [2.75, 3.05) is 23.9 Å². The van der Waals surface area contributed by atoms with E-state index in [0.29, 0.717) is 11.2 Å². The van der Waals surface area contributed by atoms with E-state index in [1.54, 1.807) is 23.3 Å². The number of aromatic nitrogens is 1. The molecule has 0 atom stereocenters. The van der Waals surface area contributed by atoms with Crippen molar-refractivity contribution in [3.8, 4) is 0 Å².